The summed E-state index contributed by atoms with van der Waals surface area (Å²) in [5.41, 5.74) is 7.66. The Morgan fingerprint density at radius 1 is 1.29 bits per heavy atom. The first-order valence-electron chi connectivity index (χ1n) is 7.19. The van der Waals surface area contributed by atoms with Gasteiger partial charge in [0.05, 0.1) is 17.6 Å². The average Bonchev–Trinajstić information content (AvgIpc) is 2.85. The third-order valence-corrected chi connectivity index (χ3v) is 4.01. The molecule has 1 heterocycles. The first-order chi connectivity index (χ1) is 9.72. The van der Waals surface area contributed by atoms with Gasteiger partial charge in [-0.3, -0.25) is 9.89 Å². The van der Waals surface area contributed by atoms with E-state index >= 15 is 0 Å². The van der Waals surface area contributed by atoms with Crippen molar-refractivity contribution in [2.24, 2.45) is 5.73 Å². The molecule has 1 aliphatic rings. The molecular weight excluding hydrogens is 288 g/mol. The molecule has 1 amide bonds. The minimum Gasteiger partial charge on any atom is -0.353 e. The summed E-state index contributed by atoms with van der Waals surface area (Å²) in [4.78, 5) is 12.1. The first kappa shape index (κ1) is 15.8. The second-order valence-corrected chi connectivity index (χ2v) is 5.58. The Morgan fingerprint density at radius 3 is 2.76 bits per heavy atom. The van der Waals surface area contributed by atoms with E-state index in [0.29, 0.717) is 12.5 Å². The van der Waals surface area contributed by atoms with Crippen LogP contribution in [0.1, 0.15) is 31.4 Å². The maximum absolute atomic E-state index is 12.1. The molecule has 1 aromatic carbocycles. The number of carbonyl (C=O) groups excluding carboxylic acids is 1. The fourth-order valence-corrected chi connectivity index (χ4v) is 2.85. The van der Waals surface area contributed by atoms with Crippen molar-refractivity contribution in [3.63, 3.8) is 0 Å². The number of carbonyl (C=O) groups is 1. The Morgan fingerprint density at radius 2 is 2.00 bits per heavy atom. The highest BCUT2D eigenvalue weighted by atomic mass is 35.5. The summed E-state index contributed by atoms with van der Waals surface area (Å²) in [6.07, 6.45) is 4.31. The Kier molecular flexibility index (Phi) is 5.20. The maximum atomic E-state index is 12.1. The van der Waals surface area contributed by atoms with Crippen LogP contribution in [0.2, 0.25) is 0 Å². The maximum Gasteiger partial charge on any atom is 0.226 e. The van der Waals surface area contributed by atoms with E-state index in [1.807, 2.05) is 24.3 Å². The number of hydrogen-bond donors (Lipinski definition) is 3. The molecule has 1 aliphatic carbocycles. The Balaban J connectivity index is 0.00000161. The van der Waals surface area contributed by atoms with E-state index in [9.17, 15) is 4.79 Å². The van der Waals surface area contributed by atoms with Crippen molar-refractivity contribution >= 4 is 29.2 Å². The molecule has 114 valence electrons. The van der Waals surface area contributed by atoms with Crippen molar-refractivity contribution in [2.45, 2.75) is 44.2 Å². The summed E-state index contributed by atoms with van der Waals surface area (Å²) in [7, 11) is 0. The van der Waals surface area contributed by atoms with Crippen LogP contribution in [-0.2, 0) is 11.2 Å². The molecule has 1 aromatic heterocycles. The lowest BCUT2D eigenvalue weighted by Crippen LogP contribution is -2.41. The summed E-state index contributed by atoms with van der Waals surface area (Å²) >= 11 is 0. The van der Waals surface area contributed by atoms with Crippen molar-refractivity contribution in [1.82, 2.24) is 15.5 Å². The smallest absolute Gasteiger partial charge is 0.226 e. The van der Waals surface area contributed by atoms with Crippen LogP contribution in [0.5, 0.6) is 0 Å². The van der Waals surface area contributed by atoms with Gasteiger partial charge in [0.2, 0.25) is 5.91 Å². The highest BCUT2D eigenvalue weighted by Crippen LogP contribution is 2.18. The fraction of sp³-hybridized carbons (Fsp3) is 0.467. The lowest BCUT2D eigenvalue weighted by Gasteiger charge is -2.26. The van der Waals surface area contributed by atoms with Gasteiger partial charge in [0.25, 0.3) is 0 Å². The molecule has 1 fully saturated rings. The summed E-state index contributed by atoms with van der Waals surface area (Å²) in [6.45, 7) is 0. The number of nitrogens with zero attached hydrogens (tertiary/aromatic N) is 1. The number of amides is 1. The van der Waals surface area contributed by atoms with Crippen molar-refractivity contribution in [1.29, 1.82) is 0 Å². The van der Waals surface area contributed by atoms with E-state index in [-0.39, 0.29) is 24.4 Å². The number of aromatic nitrogens is 2. The van der Waals surface area contributed by atoms with Gasteiger partial charge in [0.15, 0.2) is 0 Å². The van der Waals surface area contributed by atoms with Crippen molar-refractivity contribution in [3.05, 3.63) is 30.0 Å². The third-order valence-electron chi connectivity index (χ3n) is 4.01. The molecule has 0 saturated heterocycles. The van der Waals surface area contributed by atoms with E-state index in [4.69, 9.17) is 5.73 Å². The molecule has 6 heteroatoms. The van der Waals surface area contributed by atoms with Crippen molar-refractivity contribution < 1.29 is 4.79 Å². The van der Waals surface area contributed by atoms with E-state index < -0.39 is 0 Å². The standard InChI is InChI=1S/C15H20N4O.ClH/c16-10-5-7-11(8-6-10)17-15(20)9-14-12-3-1-2-4-13(12)18-19-14;/h1-4,10-11H,5-9,16H2,(H,17,20)(H,18,19);1H. The van der Waals surface area contributed by atoms with Gasteiger partial charge in [0, 0.05) is 17.5 Å². The van der Waals surface area contributed by atoms with E-state index in [1.54, 1.807) is 0 Å². The minimum atomic E-state index is 0. The average molecular weight is 309 g/mol. The van der Waals surface area contributed by atoms with Crippen LogP contribution in [0.25, 0.3) is 10.9 Å². The van der Waals surface area contributed by atoms with Crippen LogP contribution in [0.4, 0.5) is 0 Å². The molecule has 0 bridgehead atoms. The lowest BCUT2D eigenvalue weighted by atomic mass is 9.92. The number of benzene rings is 1. The second-order valence-electron chi connectivity index (χ2n) is 5.58. The molecule has 3 rings (SSSR count). The van der Waals surface area contributed by atoms with Crippen LogP contribution in [0.15, 0.2) is 24.3 Å². The first-order valence-corrected chi connectivity index (χ1v) is 7.19. The number of halogens is 1. The lowest BCUT2D eigenvalue weighted by molar-refractivity contribution is -0.121. The van der Waals surface area contributed by atoms with Crippen molar-refractivity contribution in [2.75, 3.05) is 0 Å². The monoisotopic (exact) mass is 308 g/mol. The molecule has 5 nitrogen and oxygen atoms in total. The zero-order valence-electron chi connectivity index (χ0n) is 11.8. The summed E-state index contributed by atoms with van der Waals surface area (Å²) in [5, 5.41) is 11.3. The van der Waals surface area contributed by atoms with Gasteiger partial charge in [-0.05, 0) is 31.7 Å². The predicted octanol–water partition coefficient (Wildman–Crippen LogP) is 1.91. The van der Waals surface area contributed by atoms with Crippen molar-refractivity contribution in [3.8, 4) is 0 Å². The summed E-state index contributed by atoms with van der Waals surface area (Å²) in [5.74, 6) is 0.0554. The highest BCUT2D eigenvalue weighted by Gasteiger charge is 2.20. The number of aromatic amines is 1. The zero-order chi connectivity index (χ0) is 13.9. The quantitative estimate of drug-likeness (QED) is 0.810. The molecule has 1 saturated carbocycles. The van der Waals surface area contributed by atoms with Gasteiger partial charge < -0.3 is 11.1 Å². The van der Waals surface area contributed by atoms with Crippen LogP contribution >= 0.6 is 12.4 Å². The number of para-hydroxylation sites is 1. The second kappa shape index (κ2) is 6.91. The van der Waals surface area contributed by atoms with E-state index in [0.717, 1.165) is 42.3 Å². The van der Waals surface area contributed by atoms with Crippen LogP contribution in [0.3, 0.4) is 0 Å². The van der Waals surface area contributed by atoms with Gasteiger partial charge in [-0.25, -0.2) is 0 Å². The summed E-state index contributed by atoms with van der Waals surface area (Å²) in [6, 6.07) is 8.41. The van der Waals surface area contributed by atoms with Gasteiger partial charge in [0.1, 0.15) is 0 Å². The Hall–Kier alpha value is -1.59. The van der Waals surface area contributed by atoms with E-state index in [2.05, 4.69) is 15.5 Å². The molecule has 21 heavy (non-hydrogen) atoms. The Labute approximate surface area is 130 Å². The predicted molar refractivity (Wildman–Crippen MR) is 85.4 cm³/mol. The largest absolute Gasteiger partial charge is 0.353 e. The Bertz CT molecular complexity index is 604. The normalized spacial score (nSPS) is 21.8. The van der Waals surface area contributed by atoms with Gasteiger partial charge >= 0.3 is 0 Å². The number of rotatable bonds is 3. The molecule has 0 atom stereocenters. The molecule has 0 spiro atoms. The highest BCUT2D eigenvalue weighted by molar-refractivity contribution is 5.87. The zero-order valence-corrected chi connectivity index (χ0v) is 12.7. The number of H-pyrrole nitrogens is 1. The number of nitrogens with two attached hydrogens (primary N) is 1. The van der Waals surface area contributed by atoms with Crippen LogP contribution in [-0.4, -0.2) is 28.2 Å². The molecule has 2 aromatic rings. The fourth-order valence-electron chi connectivity index (χ4n) is 2.85. The van der Waals surface area contributed by atoms with Crippen LogP contribution in [0, 0.1) is 0 Å². The number of fused-ring (bicyclic) bond motifs is 1. The van der Waals surface area contributed by atoms with Gasteiger partial charge in [-0.2, -0.15) is 5.10 Å². The SMILES string of the molecule is Cl.NC1CCC(NC(=O)Cc2[nH]nc3ccccc23)CC1. The molecule has 0 radical (unpaired) electrons. The van der Waals surface area contributed by atoms with Gasteiger partial charge in [-0.1, -0.05) is 18.2 Å². The third kappa shape index (κ3) is 3.74. The minimum absolute atomic E-state index is 0. The number of hydrogen-bond acceptors (Lipinski definition) is 3. The van der Waals surface area contributed by atoms with Crippen LogP contribution < -0.4 is 11.1 Å². The molecular formula is C15H21ClN4O. The van der Waals surface area contributed by atoms with Gasteiger partial charge in [-0.15, -0.1) is 12.4 Å². The molecule has 0 unspecified atom stereocenters. The number of nitrogens with one attached hydrogen (secondary N) is 2. The van der Waals surface area contributed by atoms with E-state index in [1.165, 1.54) is 0 Å². The topological polar surface area (TPSA) is 83.8 Å². The summed E-state index contributed by atoms with van der Waals surface area (Å²) < 4.78 is 0. The molecule has 0 aliphatic heterocycles. The molecule has 4 N–H and O–H groups in total.